The van der Waals surface area contributed by atoms with E-state index in [2.05, 4.69) is 25.6 Å². The van der Waals surface area contributed by atoms with E-state index in [0.29, 0.717) is 10.0 Å². The highest BCUT2D eigenvalue weighted by atomic mass is 79.9. The zero-order valence-electron chi connectivity index (χ0n) is 10.2. The largest absolute Gasteiger partial charge is 0.276 e. The maximum absolute atomic E-state index is 12.3. The predicted octanol–water partition coefficient (Wildman–Crippen LogP) is 4.26. The molecule has 0 amide bonds. The molecule has 1 aromatic carbocycles. The van der Waals surface area contributed by atoms with Crippen molar-refractivity contribution in [2.24, 2.45) is 0 Å². The number of hydrogen-bond acceptors (Lipinski definition) is 3. The molecule has 2 aromatic rings. The molecule has 0 radical (unpaired) electrons. The Morgan fingerprint density at radius 3 is 2.55 bits per heavy atom. The average Bonchev–Trinajstić information content (AvgIpc) is 2.34. The van der Waals surface area contributed by atoms with E-state index in [0.717, 1.165) is 0 Å². The molecule has 0 saturated carbocycles. The van der Waals surface area contributed by atoms with Gasteiger partial charge in [0.25, 0.3) is 10.0 Å². The molecule has 0 bridgehead atoms. The van der Waals surface area contributed by atoms with Gasteiger partial charge in [-0.2, -0.15) is 0 Å². The van der Waals surface area contributed by atoms with Crippen LogP contribution >= 0.6 is 39.1 Å². The van der Waals surface area contributed by atoms with Gasteiger partial charge in [-0.25, -0.2) is 13.4 Å². The molecule has 0 saturated heterocycles. The van der Waals surface area contributed by atoms with Gasteiger partial charge in [-0.3, -0.25) is 4.72 Å². The van der Waals surface area contributed by atoms with Gasteiger partial charge in [0, 0.05) is 4.47 Å². The zero-order chi connectivity index (χ0) is 14.9. The van der Waals surface area contributed by atoms with Crippen molar-refractivity contribution in [2.45, 2.75) is 11.8 Å². The Morgan fingerprint density at radius 1 is 1.25 bits per heavy atom. The summed E-state index contributed by atoms with van der Waals surface area (Å²) in [6.45, 7) is 1.69. The maximum atomic E-state index is 12.3. The smallest absolute Gasteiger partial charge is 0.262 e. The summed E-state index contributed by atoms with van der Waals surface area (Å²) >= 11 is 14.9. The number of hydrogen-bond donors (Lipinski definition) is 1. The predicted molar refractivity (Wildman–Crippen MR) is 83.9 cm³/mol. The van der Waals surface area contributed by atoms with Crippen LogP contribution in [0.3, 0.4) is 0 Å². The third kappa shape index (κ3) is 3.44. The number of sulfonamides is 1. The topological polar surface area (TPSA) is 59.1 Å². The number of benzene rings is 1. The van der Waals surface area contributed by atoms with Crippen LogP contribution in [0.1, 0.15) is 5.56 Å². The van der Waals surface area contributed by atoms with Gasteiger partial charge >= 0.3 is 0 Å². The molecule has 0 unspecified atom stereocenters. The minimum absolute atomic E-state index is 0.00794. The summed E-state index contributed by atoms with van der Waals surface area (Å²) in [5, 5.41) is 0.214. The highest BCUT2D eigenvalue weighted by Crippen LogP contribution is 2.29. The fourth-order valence-electron chi connectivity index (χ4n) is 1.55. The van der Waals surface area contributed by atoms with Gasteiger partial charge in [0.05, 0.1) is 10.6 Å². The lowest BCUT2D eigenvalue weighted by Gasteiger charge is -2.12. The molecular formula is C12H9BrCl2N2O2S. The van der Waals surface area contributed by atoms with E-state index in [-0.39, 0.29) is 20.9 Å². The minimum atomic E-state index is -3.74. The second kappa shape index (κ2) is 5.89. The van der Waals surface area contributed by atoms with Crippen LogP contribution in [0.15, 0.2) is 39.7 Å². The van der Waals surface area contributed by atoms with Crippen LogP contribution in [0, 0.1) is 6.92 Å². The molecule has 0 aliphatic heterocycles. The van der Waals surface area contributed by atoms with E-state index >= 15 is 0 Å². The Balaban J connectivity index is 2.44. The maximum Gasteiger partial charge on any atom is 0.262 e. The number of anilines is 1. The fourth-order valence-corrected chi connectivity index (χ4v) is 3.92. The molecule has 1 N–H and O–H groups in total. The van der Waals surface area contributed by atoms with Crippen molar-refractivity contribution >= 4 is 54.8 Å². The van der Waals surface area contributed by atoms with Crippen LogP contribution in [-0.2, 0) is 10.0 Å². The molecule has 1 heterocycles. The summed E-state index contributed by atoms with van der Waals surface area (Å²) in [5.41, 5.74) is 0.810. The highest BCUT2D eigenvalue weighted by Gasteiger charge is 2.18. The Kier molecular flexibility index (Phi) is 4.59. The van der Waals surface area contributed by atoms with Gasteiger partial charge in [-0.05, 0) is 36.8 Å². The van der Waals surface area contributed by atoms with Gasteiger partial charge in [-0.1, -0.05) is 45.2 Å². The molecule has 20 heavy (non-hydrogen) atoms. The molecule has 0 aliphatic carbocycles. The molecule has 4 nitrogen and oxygen atoms in total. The molecule has 0 fully saturated rings. The van der Waals surface area contributed by atoms with E-state index in [4.69, 9.17) is 23.2 Å². The Morgan fingerprint density at radius 2 is 1.95 bits per heavy atom. The van der Waals surface area contributed by atoms with Crippen LogP contribution in [0.2, 0.25) is 10.3 Å². The lowest BCUT2D eigenvalue weighted by Crippen LogP contribution is -2.14. The molecule has 106 valence electrons. The lowest BCUT2D eigenvalue weighted by molar-refractivity contribution is 0.601. The van der Waals surface area contributed by atoms with Gasteiger partial charge < -0.3 is 0 Å². The second-order valence-corrected chi connectivity index (χ2v) is 7.33. The zero-order valence-corrected chi connectivity index (χ0v) is 14.1. The number of nitrogens with zero attached hydrogens (tertiary/aromatic N) is 1. The summed E-state index contributed by atoms with van der Waals surface area (Å²) in [7, 11) is -3.74. The monoisotopic (exact) mass is 394 g/mol. The first kappa shape index (κ1) is 15.6. The van der Waals surface area contributed by atoms with Crippen molar-refractivity contribution in [3.8, 4) is 0 Å². The third-order valence-corrected chi connectivity index (χ3v) is 4.79. The van der Waals surface area contributed by atoms with E-state index in [1.807, 2.05) is 0 Å². The van der Waals surface area contributed by atoms with E-state index < -0.39 is 10.0 Å². The number of rotatable bonds is 3. The van der Waals surface area contributed by atoms with Crippen molar-refractivity contribution in [1.82, 2.24) is 4.98 Å². The standard InChI is InChI=1S/C12H9BrCl2N2O2S/c1-7-5-10(14)16-12(15)11(7)17-20(18,19)9-4-2-3-8(13)6-9/h2-6,17H,1H3. The first-order chi connectivity index (χ1) is 9.29. The first-order valence-corrected chi connectivity index (χ1v) is 8.44. The van der Waals surface area contributed by atoms with Crippen molar-refractivity contribution < 1.29 is 8.42 Å². The number of aryl methyl sites for hydroxylation is 1. The fraction of sp³-hybridized carbons (Fsp3) is 0.0833. The van der Waals surface area contributed by atoms with Crippen LogP contribution in [0.5, 0.6) is 0 Å². The van der Waals surface area contributed by atoms with Crippen molar-refractivity contribution in [3.63, 3.8) is 0 Å². The second-order valence-electron chi connectivity index (χ2n) is 3.99. The van der Waals surface area contributed by atoms with E-state index in [1.54, 1.807) is 19.1 Å². The molecule has 2 rings (SSSR count). The summed E-state index contributed by atoms with van der Waals surface area (Å²) in [6, 6.07) is 7.88. The molecular weight excluding hydrogens is 387 g/mol. The number of aromatic nitrogens is 1. The molecule has 8 heteroatoms. The number of nitrogens with one attached hydrogen (secondary N) is 1. The molecule has 0 atom stereocenters. The van der Waals surface area contributed by atoms with Gasteiger partial charge in [0.15, 0.2) is 5.15 Å². The SMILES string of the molecule is Cc1cc(Cl)nc(Cl)c1NS(=O)(=O)c1cccc(Br)c1. The lowest BCUT2D eigenvalue weighted by atomic mass is 10.3. The summed E-state index contributed by atoms with van der Waals surface area (Å²) in [5.74, 6) is 0. The van der Waals surface area contributed by atoms with Crippen molar-refractivity contribution in [1.29, 1.82) is 0 Å². The Labute approximate surface area is 135 Å². The molecule has 1 aromatic heterocycles. The van der Waals surface area contributed by atoms with Crippen LogP contribution < -0.4 is 4.72 Å². The normalized spacial score (nSPS) is 11.4. The van der Waals surface area contributed by atoms with Gasteiger partial charge in [0.2, 0.25) is 0 Å². The van der Waals surface area contributed by atoms with Crippen LogP contribution in [-0.4, -0.2) is 13.4 Å². The van der Waals surface area contributed by atoms with E-state index in [1.165, 1.54) is 18.2 Å². The third-order valence-electron chi connectivity index (χ3n) is 2.48. The Hall–Kier alpha value is -0.820. The summed E-state index contributed by atoms with van der Waals surface area (Å²) < 4.78 is 27.7. The minimum Gasteiger partial charge on any atom is -0.276 e. The van der Waals surface area contributed by atoms with Crippen LogP contribution in [0.4, 0.5) is 5.69 Å². The molecule has 0 spiro atoms. The molecule has 0 aliphatic rings. The summed E-state index contributed by atoms with van der Waals surface area (Å²) in [4.78, 5) is 3.95. The van der Waals surface area contributed by atoms with Gasteiger partial charge in [-0.15, -0.1) is 0 Å². The van der Waals surface area contributed by atoms with Crippen LogP contribution in [0.25, 0.3) is 0 Å². The van der Waals surface area contributed by atoms with E-state index in [9.17, 15) is 8.42 Å². The van der Waals surface area contributed by atoms with Crippen molar-refractivity contribution in [2.75, 3.05) is 4.72 Å². The average molecular weight is 396 g/mol. The summed E-state index contributed by atoms with van der Waals surface area (Å²) in [6.07, 6.45) is 0. The van der Waals surface area contributed by atoms with Crippen molar-refractivity contribution in [3.05, 3.63) is 50.7 Å². The Bertz CT molecular complexity index is 743. The quantitative estimate of drug-likeness (QED) is 0.789. The highest BCUT2D eigenvalue weighted by molar-refractivity contribution is 9.10. The first-order valence-electron chi connectivity index (χ1n) is 5.40. The number of halogens is 3. The number of pyridine rings is 1. The van der Waals surface area contributed by atoms with Gasteiger partial charge in [0.1, 0.15) is 5.15 Å².